The Bertz CT molecular complexity index is 462. The number of nitrogens with zero attached hydrogens (tertiary/aromatic N) is 1. The van der Waals surface area contributed by atoms with Crippen LogP contribution in [0.25, 0.3) is 0 Å². The SMILES string of the molecule is C.CC(C)c1sc(NC(C)(C)C)nc1C(=O)C(C)(C)C. The van der Waals surface area contributed by atoms with E-state index in [1.165, 1.54) is 0 Å². The van der Waals surface area contributed by atoms with Crippen LogP contribution in [0.2, 0.25) is 0 Å². The first kappa shape index (κ1) is 19.1. The van der Waals surface area contributed by atoms with Gasteiger partial charge in [-0.05, 0) is 26.7 Å². The molecule has 0 radical (unpaired) electrons. The Labute approximate surface area is 128 Å². The lowest BCUT2D eigenvalue weighted by Gasteiger charge is -2.19. The second kappa shape index (κ2) is 6.25. The Morgan fingerprint density at radius 3 is 2.00 bits per heavy atom. The van der Waals surface area contributed by atoms with Crippen LogP contribution >= 0.6 is 11.3 Å². The number of anilines is 1. The summed E-state index contributed by atoms with van der Waals surface area (Å²) in [4.78, 5) is 18.1. The molecule has 1 aromatic heterocycles. The van der Waals surface area contributed by atoms with Crippen molar-refractivity contribution in [1.29, 1.82) is 0 Å². The molecule has 1 heterocycles. The summed E-state index contributed by atoms with van der Waals surface area (Å²) in [5.74, 6) is 0.434. The smallest absolute Gasteiger partial charge is 0.187 e. The average Bonchev–Trinajstić information content (AvgIpc) is 2.56. The number of carbonyl (C=O) groups is 1. The van der Waals surface area contributed by atoms with Crippen molar-refractivity contribution in [3.05, 3.63) is 10.6 Å². The van der Waals surface area contributed by atoms with E-state index in [0.717, 1.165) is 10.0 Å². The Kier molecular flexibility index (Phi) is 5.97. The molecule has 0 aliphatic carbocycles. The van der Waals surface area contributed by atoms with Gasteiger partial charge in [0.1, 0.15) is 5.69 Å². The number of Topliss-reactive ketones (excluding diaryl/α,β-unsaturated/α-hetero) is 1. The zero-order chi connectivity index (χ0) is 15.0. The van der Waals surface area contributed by atoms with Crippen molar-refractivity contribution in [3.63, 3.8) is 0 Å². The highest BCUT2D eigenvalue weighted by atomic mass is 32.1. The number of ketones is 1. The highest BCUT2D eigenvalue weighted by Crippen LogP contribution is 2.34. The zero-order valence-electron chi connectivity index (χ0n) is 13.3. The summed E-state index contributed by atoms with van der Waals surface area (Å²) in [6.07, 6.45) is 0. The van der Waals surface area contributed by atoms with Crippen LogP contribution in [0.15, 0.2) is 0 Å². The molecule has 4 heteroatoms. The van der Waals surface area contributed by atoms with Crippen molar-refractivity contribution in [3.8, 4) is 0 Å². The van der Waals surface area contributed by atoms with Gasteiger partial charge in [0.25, 0.3) is 0 Å². The predicted octanol–water partition coefficient (Wildman–Crippen LogP) is 5.34. The molecular formula is C16H30N2OS. The minimum atomic E-state index is -0.392. The monoisotopic (exact) mass is 298 g/mol. The summed E-state index contributed by atoms with van der Waals surface area (Å²) < 4.78 is 0. The highest BCUT2D eigenvalue weighted by molar-refractivity contribution is 7.16. The van der Waals surface area contributed by atoms with E-state index in [2.05, 4.69) is 44.9 Å². The van der Waals surface area contributed by atoms with Gasteiger partial charge < -0.3 is 5.32 Å². The number of aromatic nitrogens is 1. The van der Waals surface area contributed by atoms with Crippen molar-refractivity contribution in [2.45, 2.75) is 74.3 Å². The lowest BCUT2D eigenvalue weighted by Crippen LogP contribution is -2.26. The lowest BCUT2D eigenvalue weighted by atomic mass is 9.87. The summed E-state index contributed by atoms with van der Waals surface area (Å²) in [5, 5.41) is 4.20. The van der Waals surface area contributed by atoms with Gasteiger partial charge in [-0.15, -0.1) is 11.3 Å². The zero-order valence-corrected chi connectivity index (χ0v) is 14.2. The van der Waals surface area contributed by atoms with E-state index in [1.54, 1.807) is 11.3 Å². The molecule has 0 fully saturated rings. The quantitative estimate of drug-likeness (QED) is 0.766. The Morgan fingerprint density at radius 2 is 1.65 bits per heavy atom. The molecular weight excluding hydrogens is 268 g/mol. The van der Waals surface area contributed by atoms with Crippen molar-refractivity contribution < 1.29 is 4.79 Å². The van der Waals surface area contributed by atoms with Crippen molar-refractivity contribution >= 4 is 22.3 Å². The van der Waals surface area contributed by atoms with E-state index in [-0.39, 0.29) is 18.7 Å². The van der Waals surface area contributed by atoms with Crippen LogP contribution in [0.1, 0.15) is 84.1 Å². The van der Waals surface area contributed by atoms with Crippen molar-refractivity contribution in [2.24, 2.45) is 5.41 Å². The highest BCUT2D eigenvalue weighted by Gasteiger charge is 2.29. The molecule has 1 aromatic rings. The van der Waals surface area contributed by atoms with Crippen molar-refractivity contribution in [2.75, 3.05) is 5.32 Å². The van der Waals surface area contributed by atoms with Crippen LogP contribution in [0.3, 0.4) is 0 Å². The minimum absolute atomic E-state index is 0. The number of hydrogen-bond donors (Lipinski definition) is 1. The van der Waals surface area contributed by atoms with Gasteiger partial charge in [0.15, 0.2) is 10.9 Å². The standard InChI is InChI=1S/C15H26N2OS.CH4/c1-9(2)11-10(12(18)14(3,4)5)16-13(19-11)17-15(6,7)8;/h9H,1-8H3,(H,16,17);1H4. The predicted molar refractivity (Wildman–Crippen MR) is 90.1 cm³/mol. The maximum absolute atomic E-state index is 12.5. The van der Waals surface area contributed by atoms with E-state index in [0.29, 0.717) is 11.6 Å². The largest absolute Gasteiger partial charge is 0.357 e. The van der Waals surface area contributed by atoms with Gasteiger partial charge in [0, 0.05) is 15.8 Å². The first-order valence-corrected chi connectivity index (χ1v) is 7.57. The van der Waals surface area contributed by atoms with E-state index < -0.39 is 5.41 Å². The van der Waals surface area contributed by atoms with E-state index in [4.69, 9.17) is 0 Å². The van der Waals surface area contributed by atoms with Gasteiger partial charge >= 0.3 is 0 Å². The molecule has 0 bridgehead atoms. The van der Waals surface area contributed by atoms with E-state index in [9.17, 15) is 4.79 Å². The Hall–Kier alpha value is -0.900. The molecule has 3 nitrogen and oxygen atoms in total. The van der Waals surface area contributed by atoms with E-state index >= 15 is 0 Å². The lowest BCUT2D eigenvalue weighted by molar-refractivity contribution is 0.0852. The Morgan fingerprint density at radius 1 is 1.15 bits per heavy atom. The van der Waals surface area contributed by atoms with Crippen LogP contribution in [0.4, 0.5) is 5.13 Å². The molecule has 0 amide bonds. The number of carbonyl (C=O) groups excluding carboxylic acids is 1. The van der Waals surface area contributed by atoms with Crippen LogP contribution < -0.4 is 5.32 Å². The first-order valence-electron chi connectivity index (χ1n) is 6.75. The third kappa shape index (κ3) is 4.89. The van der Waals surface area contributed by atoms with Gasteiger partial charge in [-0.2, -0.15) is 0 Å². The number of hydrogen-bond acceptors (Lipinski definition) is 4. The molecule has 0 spiro atoms. The van der Waals surface area contributed by atoms with Gasteiger partial charge in [0.2, 0.25) is 0 Å². The van der Waals surface area contributed by atoms with Crippen LogP contribution in [-0.2, 0) is 0 Å². The first-order chi connectivity index (χ1) is 8.42. The summed E-state index contributed by atoms with van der Waals surface area (Å²) in [6, 6.07) is 0. The molecule has 0 aliphatic rings. The summed E-state index contributed by atoms with van der Waals surface area (Å²) in [5.41, 5.74) is 0.199. The molecule has 0 atom stereocenters. The topological polar surface area (TPSA) is 42.0 Å². The fourth-order valence-corrected chi connectivity index (χ4v) is 2.79. The second-order valence-electron chi connectivity index (χ2n) is 7.34. The van der Waals surface area contributed by atoms with Crippen LogP contribution in [0, 0.1) is 5.41 Å². The van der Waals surface area contributed by atoms with Gasteiger partial charge in [0.05, 0.1) is 0 Å². The normalized spacial score (nSPS) is 12.2. The fraction of sp³-hybridized carbons (Fsp3) is 0.750. The summed E-state index contributed by atoms with van der Waals surface area (Å²) in [6.45, 7) is 16.3. The third-order valence-electron chi connectivity index (χ3n) is 2.56. The van der Waals surface area contributed by atoms with E-state index in [1.807, 2.05) is 20.8 Å². The molecule has 116 valence electrons. The fourth-order valence-electron chi connectivity index (χ4n) is 1.62. The Balaban J connectivity index is 0.00000361. The second-order valence-corrected chi connectivity index (χ2v) is 8.37. The molecule has 20 heavy (non-hydrogen) atoms. The molecule has 1 rings (SSSR count). The summed E-state index contributed by atoms with van der Waals surface area (Å²) >= 11 is 1.60. The number of nitrogens with one attached hydrogen (secondary N) is 1. The molecule has 0 saturated carbocycles. The molecule has 1 N–H and O–H groups in total. The molecule has 0 saturated heterocycles. The van der Waals surface area contributed by atoms with Gasteiger partial charge in [-0.3, -0.25) is 4.79 Å². The third-order valence-corrected chi connectivity index (χ3v) is 3.83. The van der Waals surface area contributed by atoms with Crippen molar-refractivity contribution in [1.82, 2.24) is 4.98 Å². The summed E-state index contributed by atoms with van der Waals surface area (Å²) in [7, 11) is 0. The molecule has 0 aromatic carbocycles. The average molecular weight is 298 g/mol. The van der Waals surface area contributed by atoms with Crippen LogP contribution in [0.5, 0.6) is 0 Å². The number of thiazole rings is 1. The van der Waals surface area contributed by atoms with Gasteiger partial charge in [-0.25, -0.2) is 4.98 Å². The maximum Gasteiger partial charge on any atom is 0.187 e. The molecule has 0 unspecified atom stereocenters. The maximum atomic E-state index is 12.5. The number of rotatable bonds is 3. The van der Waals surface area contributed by atoms with Gasteiger partial charge in [-0.1, -0.05) is 42.0 Å². The minimum Gasteiger partial charge on any atom is -0.357 e. The molecule has 0 aliphatic heterocycles. The van der Waals surface area contributed by atoms with Crippen LogP contribution in [-0.4, -0.2) is 16.3 Å².